The fourth-order valence-electron chi connectivity index (χ4n) is 3.36. The van der Waals surface area contributed by atoms with Gasteiger partial charge < -0.3 is 9.42 Å². The quantitative estimate of drug-likeness (QED) is 0.669. The summed E-state index contributed by atoms with van der Waals surface area (Å²) in [6.07, 6.45) is 3.91. The van der Waals surface area contributed by atoms with E-state index in [1.807, 2.05) is 12.3 Å². The first-order chi connectivity index (χ1) is 13.6. The first kappa shape index (κ1) is 18.3. The zero-order valence-corrected chi connectivity index (χ0v) is 15.6. The molecule has 1 aromatic carbocycles. The Kier molecular flexibility index (Phi) is 5.16. The van der Waals surface area contributed by atoms with Crippen molar-refractivity contribution in [1.29, 1.82) is 0 Å². The lowest BCUT2D eigenvalue weighted by Gasteiger charge is -2.22. The fraction of sp³-hybridized carbons (Fsp3) is 0.368. The Morgan fingerprint density at radius 3 is 2.86 bits per heavy atom. The number of benzene rings is 1. The summed E-state index contributed by atoms with van der Waals surface area (Å²) in [5.41, 5.74) is 1.66. The summed E-state index contributed by atoms with van der Waals surface area (Å²) in [4.78, 5) is 20.5. The lowest BCUT2D eigenvalue weighted by atomic mass is 10.1. The van der Waals surface area contributed by atoms with Crippen molar-refractivity contribution >= 4 is 5.91 Å². The molecular weight excluding hydrogens is 363 g/mol. The van der Waals surface area contributed by atoms with Gasteiger partial charge in [-0.05, 0) is 36.8 Å². The van der Waals surface area contributed by atoms with Crippen molar-refractivity contribution in [2.45, 2.75) is 26.4 Å². The summed E-state index contributed by atoms with van der Waals surface area (Å²) >= 11 is 0. The standard InChI is InChI=1S/C19H21FN6O2/c1-14-22-18(28-23-14)13-25-10-9-24(8-5-19(25)27)12-15-11-16(20)3-4-17(15)26-7-2-6-21-26/h2-4,6-7,11H,5,8-10,12-13H2,1H3. The van der Waals surface area contributed by atoms with Gasteiger partial charge in [-0.2, -0.15) is 10.1 Å². The summed E-state index contributed by atoms with van der Waals surface area (Å²) < 4.78 is 20.7. The van der Waals surface area contributed by atoms with Crippen LogP contribution in [0.3, 0.4) is 0 Å². The van der Waals surface area contributed by atoms with Gasteiger partial charge in [-0.3, -0.25) is 9.69 Å². The van der Waals surface area contributed by atoms with E-state index < -0.39 is 0 Å². The molecule has 0 N–H and O–H groups in total. The summed E-state index contributed by atoms with van der Waals surface area (Å²) in [5, 5.41) is 8.02. The Bertz CT molecular complexity index is 955. The van der Waals surface area contributed by atoms with Gasteiger partial charge in [0.15, 0.2) is 5.82 Å². The minimum Gasteiger partial charge on any atom is -0.337 e. The molecule has 146 valence electrons. The molecule has 1 saturated heterocycles. The van der Waals surface area contributed by atoms with Crippen molar-refractivity contribution in [1.82, 2.24) is 29.7 Å². The lowest BCUT2D eigenvalue weighted by Crippen LogP contribution is -2.33. The first-order valence-corrected chi connectivity index (χ1v) is 9.16. The molecule has 0 radical (unpaired) electrons. The molecule has 2 aromatic heterocycles. The Labute approximate surface area is 161 Å². The molecule has 8 nitrogen and oxygen atoms in total. The largest absolute Gasteiger partial charge is 0.337 e. The first-order valence-electron chi connectivity index (χ1n) is 9.16. The predicted molar refractivity (Wildman–Crippen MR) is 97.9 cm³/mol. The van der Waals surface area contributed by atoms with Crippen molar-refractivity contribution in [3.8, 4) is 5.69 Å². The number of halogens is 1. The lowest BCUT2D eigenvalue weighted by molar-refractivity contribution is -0.131. The highest BCUT2D eigenvalue weighted by atomic mass is 19.1. The van der Waals surface area contributed by atoms with E-state index in [0.29, 0.717) is 50.9 Å². The van der Waals surface area contributed by atoms with Gasteiger partial charge in [0, 0.05) is 45.0 Å². The highest BCUT2D eigenvalue weighted by molar-refractivity contribution is 5.76. The van der Waals surface area contributed by atoms with Crippen LogP contribution < -0.4 is 0 Å². The fourth-order valence-corrected chi connectivity index (χ4v) is 3.36. The highest BCUT2D eigenvalue weighted by Gasteiger charge is 2.23. The third-order valence-corrected chi connectivity index (χ3v) is 4.76. The normalized spacial score (nSPS) is 15.8. The van der Waals surface area contributed by atoms with E-state index in [-0.39, 0.29) is 11.7 Å². The topological polar surface area (TPSA) is 80.3 Å². The monoisotopic (exact) mass is 384 g/mol. The number of hydrogen-bond donors (Lipinski definition) is 0. The zero-order valence-electron chi connectivity index (χ0n) is 15.6. The van der Waals surface area contributed by atoms with E-state index in [9.17, 15) is 9.18 Å². The second-order valence-corrected chi connectivity index (χ2v) is 6.80. The van der Waals surface area contributed by atoms with Crippen molar-refractivity contribution in [3.63, 3.8) is 0 Å². The minimum atomic E-state index is -0.287. The molecule has 28 heavy (non-hydrogen) atoms. The van der Waals surface area contributed by atoms with Gasteiger partial charge in [0.1, 0.15) is 12.4 Å². The van der Waals surface area contributed by atoms with Gasteiger partial charge in [-0.15, -0.1) is 0 Å². The van der Waals surface area contributed by atoms with Crippen LogP contribution in [0.25, 0.3) is 5.69 Å². The number of aryl methyl sites for hydroxylation is 1. The number of amides is 1. The Balaban J connectivity index is 1.46. The Morgan fingerprint density at radius 2 is 2.11 bits per heavy atom. The molecular formula is C19H21FN6O2. The van der Waals surface area contributed by atoms with Gasteiger partial charge in [0.25, 0.3) is 0 Å². The molecule has 1 amide bonds. The average Bonchev–Trinajstić information content (AvgIpc) is 3.31. The molecule has 0 saturated carbocycles. The van der Waals surface area contributed by atoms with E-state index in [4.69, 9.17) is 4.52 Å². The van der Waals surface area contributed by atoms with Gasteiger partial charge in [-0.25, -0.2) is 9.07 Å². The van der Waals surface area contributed by atoms with Crippen molar-refractivity contribution < 1.29 is 13.7 Å². The third kappa shape index (κ3) is 4.09. The van der Waals surface area contributed by atoms with Crippen LogP contribution in [0.15, 0.2) is 41.2 Å². The number of aromatic nitrogens is 4. The second-order valence-electron chi connectivity index (χ2n) is 6.80. The molecule has 9 heteroatoms. The van der Waals surface area contributed by atoms with Crippen LogP contribution in [0.4, 0.5) is 4.39 Å². The molecule has 1 fully saturated rings. The van der Waals surface area contributed by atoms with E-state index in [0.717, 1.165) is 11.3 Å². The molecule has 3 aromatic rings. The van der Waals surface area contributed by atoms with Gasteiger partial charge in [0.05, 0.1) is 5.69 Å². The van der Waals surface area contributed by atoms with Gasteiger partial charge in [-0.1, -0.05) is 5.16 Å². The smallest absolute Gasteiger partial charge is 0.246 e. The van der Waals surface area contributed by atoms with Crippen LogP contribution in [-0.2, 0) is 17.9 Å². The van der Waals surface area contributed by atoms with Crippen LogP contribution in [0, 0.1) is 12.7 Å². The summed E-state index contributed by atoms with van der Waals surface area (Å²) in [5.74, 6) is 0.747. The molecule has 0 bridgehead atoms. The van der Waals surface area contributed by atoms with Gasteiger partial charge in [0.2, 0.25) is 11.8 Å². The SMILES string of the molecule is Cc1noc(CN2CCN(Cc3cc(F)ccc3-n3cccn3)CCC2=O)n1. The van der Waals surface area contributed by atoms with E-state index >= 15 is 0 Å². The molecule has 1 aliphatic rings. The maximum absolute atomic E-state index is 13.9. The molecule has 3 heterocycles. The van der Waals surface area contributed by atoms with Crippen molar-refractivity contribution in [2.75, 3.05) is 19.6 Å². The molecule has 4 rings (SSSR count). The molecule has 0 atom stereocenters. The number of rotatable bonds is 5. The Morgan fingerprint density at radius 1 is 1.21 bits per heavy atom. The van der Waals surface area contributed by atoms with Crippen molar-refractivity contribution in [2.24, 2.45) is 0 Å². The maximum Gasteiger partial charge on any atom is 0.246 e. The summed E-state index contributed by atoms with van der Waals surface area (Å²) in [6, 6.07) is 6.52. The molecule has 1 aliphatic heterocycles. The van der Waals surface area contributed by atoms with E-state index in [2.05, 4.69) is 20.1 Å². The predicted octanol–water partition coefficient (Wildman–Crippen LogP) is 1.94. The van der Waals surface area contributed by atoms with Crippen molar-refractivity contribution in [3.05, 3.63) is 59.8 Å². The number of hydrogen-bond acceptors (Lipinski definition) is 6. The Hall–Kier alpha value is -3.07. The number of nitrogens with zero attached hydrogens (tertiary/aromatic N) is 6. The van der Waals surface area contributed by atoms with Crippen LogP contribution in [-0.4, -0.2) is 55.3 Å². The molecule has 0 aliphatic carbocycles. The zero-order chi connectivity index (χ0) is 19.5. The second kappa shape index (κ2) is 7.89. The summed E-state index contributed by atoms with van der Waals surface area (Å²) in [7, 11) is 0. The van der Waals surface area contributed by atoms with Crippen LogP contribution in [0.2, 0.25) is 0 Å². The molecule has 0 spiro atoms. The number of carbonyl (C=O) groups is 1. The van der Waals surface area contributed by atoms with Crippen LogP contribution in [0.5, 0.6) is 0 Å². The third-order valence-electron chi connectivity index (χ3n) is 4.76. The number of carbonyl (C=O) groups excluding carboxylic acids is 1. The van der Waals surface area contributed by atoms with Gasteiger partial charge >= 0.3 is 0 Å². The van der Waals surface area contributed by atoms with E-state index in [1.54, 1.807) is 28.8 Å². The summed E-state index contributed by atoms with van der Waals surface area (Å²) in [6.45, 7) is 4.42. The van der Waals surface area contributed by atoms with E-state index in [1.165, 1.54) is 12.1 Å². The maximum atomic E-state index is 13.9. The van der Waals surface area contributed by atoms with Crippen LogP contribution >= 0.6 is 0 Å². The minimum absolute atomic E-state index is 0.0462. The highest BCUT2D eigenvalue weighted by Crippen LogP contribution is 2.19. The van der Waals surface area contributed by atoms with Crippen LogP contribution in [0.1, 0.15) is 23.7 Å². The average molecular weight is 384 g/mol. The molecule has 0 unspecified atom stereocenters.